The second-order valence-corrected chi connectivity index (χ2v) is 6.26. The molecule has 0 unspecified atom stereocenters. The maximum Gasteiger partial charge on any atom is 0.317 e. The van der Waals surface area contributed by atoms with Gasteiger partial charge in [-0.05, 0) is 56.0 Å². The molecule has 0 radical (unpaired) electrons. The quantitative estimate of drug-likeness (QED) is 0.831. The predicted molar refractivity (Wildman–Crippen MR) is 85.5 cm³/mol. The summed E-state index contributed by atoms with van der Waals surface area (Å²) in [4.78, 5) is 13.0. The summed E-state index contributed by atoms with van der Waals surface area (Å²) >= 11 is 0. The summed E-state index contributed by atoms with van der Waals surface area (Å²) in [5.41, 5.74) is 1.46. The zero-order chi connectivity index (χ0) is 15.1. The fourth-order valence-corrected chi connectivity index (χ4v) is 3.51. The first-order chi connectivity index (χ1) is 10.2. The molecule has 1 N–H and O–H groups in total. The Hall–Kier alpha value is -1.35. The number of nitrogens with zero attached hydrogens (tertiary/aromatic N) is 1. The van der Waals surface area contributed by atoms with Gasteiger partial charge in [0.05, 0.1) is 6.54 Å². The average molecular weight is 289 g/mol. The van der Waals surface area contributed by atoms with Gasteiger partial charge in [-0.1, -0.05) is 37.3 Å². The number of hydrogen-bond donors (Lipinski definition) is 1. The van der Waals surface area contributed by atoms with E-state index >= 15 is 0 Å². The van der Waals surface area contributed by atoms with Crippen molar-refractivity contribution in [2.75, 3.05) is 19.6 Å². The Bertz CT molecular complexity index is 424. The normalized spacial score (nSPS) is 22.4. The van der Waals surface area contributed by atoms with Crippen LogP contribution in [0.15, 0.2) is 30.3 Å². The van der Waals surface area contributed by atoms with Gasteiger partial charge in [-0.15, -0.1) is 0 Å². The third-order valence-corrected chi connectivity index (χ3v) is 4.53. The molecule has 0 spiro atoms. The molecule has 1 saturated carbocycles. The summed E-state index contributed by atoms with van der Waals surface area (Å²) in [5.74, 6) is 0.652. The molecule has 116 valence electrons. The lowest BCUT2D eigenvalue weighted by Gasteiger charge is -2.32. The molecule has 1 fully saturated rings. The smallest absolute Gasteiger partial charge is 0.317 e. The van der Waals surface area contributed by atoms with Gasteiger partial charge in [0.2, 0.25) is 0 Å². The highest BCUT2D eigenvalue weighted by Gasteiger charge is 2.24. The average Bonchev–Trinajstić information content (AvgIpc) is 2.48. The zero-order valence-corrected chi connectivity index (χ0v) is 13.0. The van der Waals surface area contributed by atoms with E-state index < -0.39 is 5.97 Å². The Balaban J connectivity index is 1.81. The lowest BCUT2D eigenvalue weighted by molar-refractivity contribution is -0.138. The van der Waals surface area contributed by atoms with Crippen molar-refractivity contribution < 1.29 is 9.90 Å². The number of benzene rings is 1. The van der Waals surface area contributed by atoms with Crippen molar-refractivity contribution in [1.82, 2.24) is 4.90 Å². The van der Waals surface area contributed by atoms with Crippen LogP contribution in [0.5, 0.6) is 0 Å². The van der Waals surface area contributed by atoms with Crippen LogP contribution in [0.3, 0.4) is 0 Å². The Morgan fingerprint density at radius 2 is 1.86 bits per heavy atom. The summed E-state index contributed by atoms with van der Waals surface area (Å²) < 4.78 is 0. The Labute approximate surface area is 128 Å². The van der Waals surface area contributed by atoms with Crippen LogP contribution in [0, 0.1) is 5.92 Å². The highest BCUT2D eigenvalue weighted by Crippen LogP contribution is 2.35. The number of hydrogen-bond acceptors (Lipinski definition) is 2. The summed E-state index contributed by atoms with van der Waals surface area (Å²) in [5, 5.41) is 8.99. The van der Waals surface area contributed by atoms with Crippen LogP contribution < -0.4 is 0 Å². The van der Waals surface area contributed by atoms with Crippen molar-refractivity contribution >= 4 is 5.97 Å². The second kappa shape index (κ2) is 8.18. The highest BCUT2D eigenvalue weighted by molar-refractivity contribution is 5.69. The van der Waals surface area contributed by atoms with Crippen molar-refractivity contribution in [3.63, 3.8) is 0 Å². The topological polar surface area (TPSA) is 40.5 Å². The van der Waals surface area contributed by atoms with Gasteiger partial charge in [0.15, 0.2) is 0 Å². The fraction of sp³-hybridized carbons (Fsp3) is 0.611. The minimum absolute atomic E-state index is 0.187. The van der Waals surface area contributed by atoms with Gasteiger partial charge in [-0.2, -0.15) is 0 Å². The van der Waals surface area contributed by atoms with E-state index in [2.05, 4.69) is 42.2 Å². The van der Waals surface area contributed by atoms with E-state index in [1.807, 2.05) is 0 Å². The lowest BCUT2D eigenvalue weighted by atomic mass is 9.78. The van der Waals surface area contributed by atoms with Crippen LogP contribution in [0.4, 0.5) is 0 Å². The molecule has 0 bridgehead atoms. The molecule has 0 atom stereocenters. The van der Waals surface area contributed by atoms with E-state index in [0.29, 0.717) is 11.8 Å². The molecule has 1 aromatic rings. The van der Waals surface area contributed by atoms with Crippen molar-refractivity contribution in [2.45, 2.75) is 44.9 Å². The van der Waals surface area contributed by atoms with Crippen LogP contribution >= 0.6 is 0 Å². The number of rotatable bonds is 7. The molecule has 0 amide bonds. The van der Waals surface area contributed by atoms with E-state index in [-0.39, 0.29) is 6.54 Å². The molecule has 1 aliphatic carbocycles. The lowest BCUT2D eigenvalue weighted by Crippen LogP contribution is -2.35. The molecule has 3 heteroatoms. The molecular formula is C18H27NO2. The zero-order valence-electron chi connectivity index (χ0n) is 13.0. The molecule has 1 aliphatic rings. The first-order valence-corrected chi connectivity index (χ1v) is 8.18. The minimum atomic E-state index is -0.707. The fourth-order valence-electron chi connectivity index (χ4n) is 3.51. The van der Waals surface area contributed by atoms with E-state index in [9.17, 15) is 4.79 Å². The number of carboxylic acids is 1. The molecular weight excluding hydrogens is 262 g/mol. The summed E-state index contributed by atoms with van der Waals surface area (Å²) in [7, 11) is 0. The number of carbonyl (C=O) groups is 1. The van der Waals surface area contributed by atoms with E-state index in [4.69, 9.17) is 5.11 Å². The molecule has 0 saturated heterocycles. The molecule has 2 rings (SSSR count). The van der Waals surface area contributed by atoms with Gasteiger partial charge in [0, 0.05) is 6.54 Å². The SMILES string of the molecule is CCCN(CC(=O)O)CC1CCC(c2ccccc2)CC1. The van der Waals surface area contributed by atoms with Crippen LogP contribution in [-0.4, -0.2) is 35.6 Å². The maximum absolute atomic E-state index is 10.9. The number of carboxylic acid groups (broad SMARTS) is 1. The second-order valence-electron chi connectivity index (χ2n) is 6.26. The molecule has 1 aromatic carbocycles. The molecule has 0 aromatic heterocycles. The van der Waals surface area contributed by atoms with Crippen molar-refractivity contribution in [2.24, 2.45) is 5.92 Å². The van der Waals surface area contributed by atoms with Crippen molar-refractivity contribution in [3.8, 4) is 0 Å². The summed E-state index contributed by atoms with van der Waals surface area (Å²) in [6.07, 6.45) is 5.94. The third-order valence-electron chi connectivity index (χ3n) is 4.53. The molecule has 0 aliphatic heterocycles. The van der Waals surface area contributed by atoms with Gasteiger partial charge in [-0.3, -0.25) is 9.69 Å². The standard InChI is InChI=1S/C18H27NO2/c1-2-12-19(14-18(20)21)13-15-8-10-17(11-9-15)16-6-4-3-5-7-16/h3-7,15,17H,2,8-14H2,1H3,(H,20,21). The van der Waals surface area contributed by atoms with Gasteiger partial charge >= 0.3 is 5.97 Å². The Morgan fingerprint density at radius 3 is 2.43 bits per heavy atom. The highest BCUT2D eigenvalue weighted by atomic mass is 16.4. The Kier molecular flexibility index (Phi) is 6.24. The van der Waals surface area contributed by atoms with Gasteiger partial charge in [0.1, 0.15) is 0 Å². The van der Waals surface area contributed by atoms with Gasteiger partial charge in [0.25, 0.3) is 0 Å². The Morgan fingerprint density at radius 1 is 1.19 bits per heavy atom. The number of aliphatic carboxylic acids is 1. The van der Waals surface area contributed by atoms with Crippen molar-refractivity contribution in [3.05, 3.63) is 35.9 Å². The summed E-state index contributed by atoms with van der Waals surface area (Å²) in [6, 6.07) is 10.8. The van der Waals surface area contributed by atoms with Crippen LogP contribution in [0.1, 0.15) is 50.5 Å². The molecule has 3 nitrogen and oxygen atoms in total. The van der Waals surface area contributed by atoms with Crippen molar-refractivity contribution in [1.29, 1.82) is 0 Å². The monoisotopic (exact) mass is 289 g/mol. The molecule has 0 heterocycles. The van der Waals surface area contributed by atoms with Crippen LogP contribution in [-0.2, 0) is 4.79 Å². The largest absolute Gasteiger partial charge is 0.480 e. The van der Waals surface area contributed by atoms with Crippen LogP contribution in [0.25, 0.3) is 0 Å². The van der Waals surface area contributed by atoms with E-state index in [0.717, 1.165) is 19.5 Å². The van der Waals surface area contributed by atoms with Gasteiger partial charge < -0.3 is 5.11 Å². The molecule has 21 heavy (non-hydrogen) atoms. The maximum atomic E-state index is 10.9. The predicted octanol–water partition coefficient (Wildman–Crippen LogP) is 3.76. The van der Waals surface area contributed by atoms with Crippen LogP contribution in [0.2, 0.25) is 0 Å². The first kappa shape index (κ1) is 16.0. The minimum Gasteiger partial charge on any atom is -0.480 e. The summed E-state index contributed by atoms with van der Waals surface area (Å²) in [6.45, 7) is 4.14. The third kappa shape index (κ3) is 5.16. The van der Waals surface area contributed by atoms with E-state index in [1.54, 1.807) is 0 Å². The van der Waals surface area contributed by atoms with E-state index in [1.165, 1.54) is 31.2 Å². The van der Waals surface area contributed by atoms with Gasteiger partial charge in [-0.25, -0.2) is 0 Å². The first-order valence-electron chi connectivity index (χ1n) is 8.18.